The van der Waals surface area contributed by atoms with Crippen molar-refractivity contribution in [2.24, 2.45) is 5.10 Å². The minimum absolute atomic E-state index is 0.0994. The van der Waals surface area contributed by atoms with Crippen LogP contribution in [0.5, 0.6) is 5.75 Å². The number of aryl methyl sites for hydroxylation is 1. The van der Waals surface area contributed by atoms with Crippen LogP contribution in [0.4, 0.5) is 5.69 Å². The second kappa shape index (κ2) is 11.1. The summed E-state index contributed by atoms with van der Waals surface area (Å²) in [5.74, 6) is 0.947. The number of hydrogen-bond donors (Lipinski definition) is 0. The van der Waals surface area contributed by atoms with Crippen LogP contribution in [0, 0.1) is 10.1 Å². The Balaban J connectivity index is 1.76. The standard InChI is InChI=1S/C26H23BrN4O4/c1-2-3-9-25-29-23-12-10-20(27)15-22(23)26(32)30(25)28-16-19-14-21(31(33)34)11-13-24(19)35-17-18-7-5-4-6-8-18/h4-8,10-16H,2-3,9,17H2,1H3. The van der Waals surface area contributed by atoms with E-state index in [-0.39, 0.29) is 17.9 Å². The lowest BCUT2D eigenvalue weighted by atomic mass is 10.2. The van der Waals surface area contributed by atoms with Crippen LogP contribution in [0.3, 0.4) is 0 Å². The summed E-state index contributed by atoms with van der Waals surface area (Å²) in [6.45, 7) is 2.34. The maximum absolute atomic E-state index is 13.3. The Bertz CT molecular complexity index is 1450. The summed E-state index contributed by atoms with van der Waals surface area (Å²) in [5, 5.41) is 16.2. The lowest BCUT2D eigenvalue weighted by Gasteiger charge is -2.11. The van der Waals surface area contributed by atoms with Gasteiger partial charge in [-0.25, -0.2) is 4.98 Å². The van der Waals surface area contributed by atoms with Crippen LogP contribution >= 0.6 is 15.9 Å². The minimum Gasteiger partial charge on any atom is -0.488 e. The summed E-state index contributed by atoms with van der Waals surface area (Å²) in [5.41, 5.74) is 1.53. The number of hydrogen-bond acceptors (Lipinski definition) is 6. The maximum Gasteiger partial charge on any atom is 0.282 e. The number of fused-ring (bicyclic) bond motifs is 1. The van der Waals surface area contributed by atoms with Crippen molar-refractivity contribution >= 4 is 38.7 Å². The highest BCUT2D eigenvalue weighted by molar-refractivity contribution is 9.10. The van der Waals surface area contributed by atoms with Crippen LogP contribution < -0.4 is 10.3 Å². The van der Waals surface area contributed by atoms with Crippen LogP contribution in [-0.4, -0.2) is 20.8 Å². The molecule has 0 unspecified atom stereocenters. The summed E-state index contributed by atoms with van der Waals surface area (Å²) >= 11 is 3.40. The fourth-order valence-corrected chi connectivity index (χ4v) is 3.91. The van der Waals surface area contributed by atoms with Crippen LogP contribution in [-0.2, 0) is 13.0 Å². The number of unbranched alkanes of at least 4 members (excludes halogenated alkanes) is 1. The highest BCUT2D eigenvalue weighted by atomic mass is 79.9. The van der Waals surface area contributed by atoms with Gasteiger partial charge >= 0.3 is 0 Å². The van der Waals surface area contributed by atoms with Gasteiger partial charge in [0.15, 0.2) is 0 Å². The van der Waals surface area contributed by atoms with Crippen molar-refractivity contribution in [2.75, 3.05) is 0 Å². The Morgan fingerprint density at radius 3 is 2.69 bits per heavy atom. The van der Waals surface area contributed by atoms with E-state index in [1.807, 2.05) is 36.4 Å². The number of non-ortho nitro benzene ring substituents is 1. The van der Waals surface area contributed by atoms with Gasteiger partial charge in [-0.1, -0.05) is 59.6 Å². The molecule has 0 amide bonds. The zero-order valence-corrected chi connectivity index (χ0v) is 20.6. The van der Waals surface area contributed by atoms with E-state index in [0.29, 0.717) is 34.5 Å². The van der Waals surface area contributed by atoms with E-state index in [4.69, 9.17) is 4.74 Å². The SMILES string of the molecule is CCCCc1nc2ccc(Br)cc2c(=O)n1N=Cc1cc([N+](=O)[O-])ccc1OCc1ccccc1. The molecular weight excluding hydrogens is 512 g/mol. The Labute approximate surface area is 210 Å². The summed E-state index contributed by atoms with van der Waals surface area (Å²) < 4.78 is 7.96. The molecule has 0 N–H and O–H groups in total. The molecule has 0 spiro atoms. The molecule has 4 aromatic rings. The second-order valence-corrected chi connectivity index (χ2v) is 8.82. The van der Waals surface area contributed by atoms with Crippen molar-refractivity contribution in [3.8, 4) is 5.75 Å². The molecule has 4 rings (SSSR count). The van der Waals surface area contributed by atoms with Crippen LogP contribution in [0.25, 0.3) is 10.9 Å². The van der Waals surface area contributed by atoms with Gasteiger partial charge in [-0.2, -0.15) is 9.78 Å². The number of ether oxygens (including phenoxy) is 1. The molecular formula is C26H23BrN4O4. The summed E-state index contributed by atoms with van der Waals surface area (Å²) in [4.78, 5) is 28.9. The Morgan fingerprint density at radius 1 is 1.14 bits per heavy atom. The Morgan fingerprint density at radius 2 is 1.94 bits per heavy atom. The smallest absolute Gasteiger partial charge is 0.282 e. The van der Waals surface area contributed by atoms with E-state index in [9.17, 15) is 14.9 Å². The normalized spacial score (nSPS) is 11.3. The average molecular weight is 535 g/mol. The first-order valence-corrected chi connectivity index (χ1v) is 12.0. The van der Waals surface area contributed by atoms with Crippen molar-refractivity contribution in [3.05, 3.63) is 109 Å². The van der Waals surface area contributed by atoms with Gasteiger partial charge < -0.3 is 4.74 Å². The fraction of sp³-hybridized carbons (Fsp3) is 0.192. The molecule has 1 aromatic heterocycles. The van der Waals surface area contributed by atoms with E-state index in [1.54, 1.807) is 18.2 Å². The summed E-state index contributed by atoms with van der Waals surface area (Å²) in [7, 11) is 0. The zero-order valence-electron chi connectivity index (χ0n) is 19.1. The van der Waals surface area contributed by atoms with E-state index in [0.717, 1.165) is 22.9 Å². The second-order valence-electron chi connectivity index (χ2n) is 7.91. The van der Waals surface area contributed by atoms with Crippen molar-refractivity contribution in [3.63, 3.8) is 0 Å². The van der Waals surface area contributed by atoms with Crippen molar-refractivity contribution in [2.45, 2.75) is 32.8 Å². The average Bonchev–Trinajstić information content (AvgIpc) is 2.87. The van der Waals surface area contributed by atoms with Crippen LogP contribution in [0.15, 0.2) is 81.1 Å². The molecule has 9 heteroatoms. The number of aromatic nitrogens is 2. The summed E-state index contributed by atoms with van der Waals surface area (Å²) in [6.07, 6.45) is 3.75. The molecule has 3 aromatic carbocycles. The Kier molecular flexibility index (Phi) is 7.67. The molecule has 0 saturated heterocycles. The number of nitro groups is 1. The highest BCUT2D eigenvalue weighted by Gasteiger charge is 2.14. The van der Waals surface area contributed by atoms with E-state index < -0.39 is 4.92 Å². The summed E-state index contributed by atoms with van der Waals surface area (Å²) in [6, 6.07) is 19.2. The highest BCUT2D eigenvalue weighted by Crippen LogP contribution is 2.24. The van der Waals surface area contributed by atoms with Gasteiger partial charge in [-0.15, -0.1) is 0 Å². The van der Waals surface area contributed by atoms with Gasteiger partial charge in [0.05, 0.1) is 22.0 Å². The molecule has 178 valence electrons. The maximum atomic E-state index is 13.3. The van der Waals surface area contributed by atoms with Crippen molar-refractivity contribution in [1.82, 2.24) is 9.66 Å². The lowest BCUT2D eigenvalue weighted by Crippen LogP contribution is -2.22. The molecule has 0 aliphatic carbocycles. The van der Waals surface area contributed by atoms with Crippen LogP contribution in [0.1, 0.15) is 36.7 Å². The van der Waals surface area contributed by atoms with Crippen molar-refractivity contribution in [1.29, 1.82) is 0 Å². The zero-order chi connectivity index (χ0) is 24.8. The third kappa shape index (κ3) is 5.81. The molecule has 0 aliphatic rings. The van der Waals surface area contributed by atoms with Gasteiger partial charge in [0.25, 0.3) is 11.2 Å². The van der Waals surface area contributed by atoms with Gasteiger partial charge in [0, 0.05) is 28.6 Å². The number of benzene rings is 3. The minimum atomic E-state index is -0.480. The molecule has 8 nitrogen and oxygen atoms in total. The van der Waals surface area contributed by atoms with Gasteiger partial charge in [0.1, 0.15) is 18.2 Å². The molecule has 1 heterocycles. The number of nitro benzene ring substituents is 1. The van der Waals surface area contributed by atoms with E-state index >= 15 is 0 Å². The molecule has 0 saturated carbocycles. The monoisotopic (exact) mass is 534 g/mol. The number of rotatable bonds is 9. The molecule has 35 heavy (non-hydrogen) atoms. The number of halogens is 1. The van der Waals surface area contributed by atoms with Crippen LogP contribution in [0.2, 0.25) is 0 Å². The number of nitrogens with zero attached hydrogens (tertiary/aromatic N) is 4. The topological polar surface area (TPSA) is 99.6 Å². The molecule has 0 radical (unpaired) electrons. The predicted molar refractivity (Wildman–Crippen MR) is 139 cm³/mol. The molecule has 0 fully saturated rings. The van der Waals surface area contributed by atoms with Crippen molar-refractivity contribution < 1.29 is 9.66 Å². The molecule has 0 atom stereocenters. The fourth-order valence-electron chi connectivity index (χ4n) is 3.55. The first-order valence-electron chi connectivity index (χ1n) is 11.2. The molecule has 0 bridgehead atoms. The van der Waals surface area contributed by atoms with Gasteiger partial charge in [-0.05, 0) is 36.2 Å². The van der Waals surface area contributed by atoms with Gasteiger partial charge in [0.2, 0.25) is 0 Å². The van der Waals surface area contributed by atoms with Gasteiger partial charge in [-0.3, -0.25) is 14.9 Å². The molecule has 0 aliphatic heterocycles. The first-order chi connectivity index (χ1) is 17.0. The third-order valence-corrected chi connectivity index (χ3v) is 5.88. The first kappa shape index (κ1) is 24.3. The predicted octanol–water partition coefficient (Wildman–Crippen LogP) is 5.87. The third-order valence-electron chi connectivity index (χ3n) is 5.38. The Hall–Kier alpha value is -3.85. The largest absolute Gasteiger partial charge is 0.488 e. The quantitative estimate of drug-likeness (QED) is 0.152. The van der Waals surface area contributed by atoms with E-state index in [2.05, 4.69) is 32.9 Å². The van der Waals surface area contributed by atoms with E-state index in [1.165, 1.54) is 23.0 Å². The lowest BCUT2D eigenvalue weighted by molar-refractivity contribution is -0.384.